The molecular weight excluding hydrogens is 312 g/mol. The Bertz CT molecular complexity index is 682. The lowest BCUT2D eigenvalue weighted by Gasteiger charge is -2.06. The number of benzene rings is 1. The molecule has 0 radical (unpaired) electrons. The van der Waals surface area contributed by atoms with E-state index in [1.54, 1.807) is 19.2 Å². The van der Waals surface area contributed by atoms with Gasteiger partial charge in [-0.05, 0) is 49.7 Å². The molecule has 0 aliphatic heterocycles. The van der Waals surface area contributed by atoms with E-state index in [4.69, 9.17) is 20.4 Å². The number of halogens is 1. The fraction of sp³-hybridized carbons (Fsp3) is 0.357. The molecule has 1 aromatic heterocycles. The van der Waals surface area contributed by atoms with Crippen LogP contribution >= 0.6 is 24.0 Å². The summed E-state index contributed by atoms with van der Waals surface area (Å²) in [6.45, 7) is 1.87. The van der Waals surface area contributed by atoms with Gasteiger partial charge in [0.2, 0.25) is 0 Å². The van der Waals surface area contributed by atoms with E-state index in [0.717, 1.165) is 36.0 Å². The molecule has 5 nitrogen and oxygen atoms in total. The minimum Gasteiger partial charge on any atom is -0.451 e. The van der Waals surface area contributed by atoms with Crippen molar-refractivity contribution in [3.8, 4) is 5.75 Å². The van der Waals surface area contributed by atoms with Gasteiger partial charge in [-0.1, -0.05) is 0 Å². The molecule has 1 amide bonds. The van der Waals surface area contributed by atoms with Crippen molar-refractivity contribution < 1.29 is 13.4 Å². The summed E-state index contributed by atoms with van der Waals surface area (Å²) in [4.78, 5) is 12.1. The van der Waals surface area contributed by atoms with E-state index in [-0.39, 0.29) is 5.91 Å². The summed E-state index contributed by atoms with van der Waals surface area (Å²) in [5.74, 6) is 0.873. The number of carbonyl (C=O) groups excluding carboxylic acids is 1. The zero-order chi connectivity index (χ0) is 15.0. The van der Waals surface area contributed by atoms with Gasteiger partial charge in [0.05, 0.1) is 0 Å². The summed E-state index contributed by atoms with van der Waals surface area (Å²) in [6, 6.07) is 5.72. The molecule has 3 rings (SSSR count). The molecule has 112 valence electrons. The van der Waals surface area contributed by atoms with Crippen LogP contribution in [0.5, 0.6) is 5.75 Å². The van der Waals surface area contributed by atoms with Crippen molar-refractivity contribution in [2.45, 2.75) is 25.8 Å². The van der Waals surface area contributed by atoms with Gasteiger partial charge in [0, 0.05) is 24.0 Å². The van der Waals surface area contributed by atoms with Crippen LogP contribution in [0.15, 0.2) is 22.6 Å². The van der Waals surface area contributed by atoms with E-state index in [1.807, 2.05) is 13.0 Å². The zero-order valence-corrected chi connectivity index (χ0v) is 13.3. The maximum absolute atomic E-state index is 12.1. The summed E-state index contributed by atoms with van der Waals surface area (Å²) in [5.41, 5.74) is 1.49. The number of amides is 1. The van der Waals surface area contributed by atoms with Crippen LogP contribution in [0, 0.1) is 6.92 Å². The number of fused-ring (bicyclic) bond motifs is 1. The Morgan fingerprint density at radius 2 is 2.29 bits per heavy atom. The number of carbonyl (C=O) groups is 1. The van der Waals surface area contributed by atoms with Crippen LogP contribution in [0.2, 0.25) is 0 Å². The number of nitrogens with zero attached hydrogens (tertiary/aromatic N) is 1. The number of rotatable bonds is 5. The van der Waals surface area contributed by atoms with Gasteiger partial charge < -0.3 is 13.9 Å². The highest BCUT2D eigenvalue weighted by molar-refractivity contribution is 7.93. The van der Waals surface area contributed by atoms with Crippen molar-refractivity contribution in [3.05, 3.63) is 29.5 Å². The number of hydrogen-bond acceptors (Lipinski definition) is 5. The lowest BCUT2D eigenvalue weighted by molar-refractivity contribution is 0.0924. The summed E-state index contributed by atoms with van der Waals surface area (Å²) >= 11 is 6.69. The Morgan fingerprint density at radius 3 is 2.95 bits per heavy atom. The fourth-order valence-corrected chi connectivity index (χ4v) is 2.42. The van der Waals surface area contributed by atoms with Gasteiger partial charge in [-0.25, -0.2) is 0 Å². The Morgan fingerprint density at radius 1 is 1.52 bits per heavy atom. The first kappa shape index (κ1) is 14.6. The topological polar surface area (TPSA) is 54.7 Å². The van der Waals surface area contributed by atoms with Gasteiger partial charge >= 0.3 is 0 Å². The van der Waals surface area contributed by atoms with Crippen LogP contribution < -0.4 is 9.50 Å². The van der Waals surface area contributed by atoms with Crippen LogP contribution in [0.25, 0.3) is 11.0 Å². The molecule has 0 bridgehead atoms. The van der Waals surface area contributed by atoms with Crippen LogP contribution in [0.4, 0.5) is 0 Å². The van der Waals surface area contributed by atoms with Crippen LogP contribution in [-0.2, 0) is 0 Å². The number of aryl methyl sites for hydroxylation is 1. The van der Waals surface area contributed by atoms with Crippen molar-refractivity contribution >= 4 is 40.9 Å². The summed E-state index contributed by atoms with van der Waals surface area (Å²) in [6.07, 6.45) is 2.10. The highest BCUT2D eigenvalue weighted by atomic mass is 35.5. The maximum atomic E-state index is 12.1. The summed E-state index contributed by atoms with van der Waals surface area (Å²) < 4.78 is 12.4. The number of furan rings is 1. The number of hydrogen-bond donors (Lipinski definition) is 1. The molecule has 7 heteroatoms. The Balaban J connectivity index is 1.86. The van der Waals surface area contributed by atoms with Crippen molar-refractivity contribution in [2.75, 3.05) is 7.05 Å². The molecule has 1 aromatic carbocycles. The second-order valence-corrected chi connectivity index (χ2v) is 6.61. The lowest BCUT2D eigenvalue weighted by Crippen LogP contribution is -2.25. The standard InChI is InChI=1S/C14H15ClN2O3S/c1-8-11-7-10(20-21-17(2)15)5-6-12(11)19-13(8)14(18)16-9-3-4-9/h5-7,9H,3-4H2,1-2H3,(H,16,18). The third kappa shape index (κ3) is 3.28. The minimum absolute atomic E-state index is 0.150. The Labute approximate surface area is 132 Å². The van der Waals surface area contributed by atoms with Gasteiger partial charge in [0.1, 0.15) is 11.3 Å². The molecule has 1 N–H and O–H groups in total. The molecule has 1 aliphatic rings. The molecule has 21 heavy (non-hydrogen) atoms. The van der Waals surface area contributed by atoms with Crippen molar-refractivity contribution in [3.63, 3.8) is 0 Å². The van der Waals surface area contributed by atoms with E-state index in [9.17, 15) is 4.79 Å². The zero-order valence-electron chi connectivity index (χ0n) is 11.7. The molecule has 2 aromatic rings. The quantitative estimate of drug-likeness (QED) is 0.516. The van der Waals surface area contributed by atoms with E-state index >= 15 is 0 Å². The van der Waals surface area contributed by atoms with Gasteiger partial charge in [-0.2, -0.15) is 0 Å². The highest BCUT2D eigenvalue weighted by Gasteiger charge is 2.26. The Hall–Kier alpha value is -1.37. The molecule has 1 heterocycles. The van der Waals surface area contributed by atoms with E-state index in [0.29, 0.717) is 23.1 Å². The van der Waals surface area contributed by atoms with Crippen LogP contribution in [0.1, 0.15) is 29.0 Å². The first-order valence-electron chi connectivity index (χ1n) is 6.63. The lowest BCUT2D eigenvalue weighted by atomic mass is 10.1. The highest BCUT2D eigenvalue weighted by Crippen LogP contribution is 2.31. The minimum atomic E-state index is -0.150. The average Bonchev–Trinajstić information content (AvgIpc) is 3.20. The monoisotopic (exact) mass is 326 g/mol. The Kier molecular flexibility index (Phi) is 4.01. The second kappa shape index (κ2) is 5.79. The second-order valence-electron chi connectivity index (χ2n) is 5.04. The molecule has 0 spiro atoms. The first-order valence-corrected chi connectivity index (χ1v) is 7.66. The largest absolute Gasteiger partial charge is 0.451 e. The van der Waals surface area contributed by atoms with Gasteiger partial charge in [-0.3, -0.25) is 4.79 Å². The summed E-state index contributed by atoms with van der Waals surface area (Å²) in [5, 5.41) is 3.80. The van der Waals surface area contributed by atoms with Crippen LogP contribution in [0.3, 0.4) is 0 Å². The first-order chi connectivity index (χ1) is 10.0. The third-order valence-electron chi connectivity index (χ3n) is 3.26. The average molecular weight is 327 g/mol. The summed E-state index contributed by atoms with van der Waals surface area (Å²) in [7, 11) is 1.67. The predicted molar refractivity (Wildman–Crippen MR) is 83.3 cm³/mol. The fourth-order valence-electron chi connectivity index (χ4n) is 2.04. The normalized spacial score (nSPS) is 14.7. The molecule has 0 atom stereocenters. The van der Waals surface area contributed by atoms with Crippen molar-refractivity contribution in [2.24, 2.45) is 0 Å². The predicted octanol–water partition coefficient (Wildman–Crippen LogP) is 3.66. The molecular formula is C14H15ClN2O3S. The third-order valence-corrected chi connectivity index (χ3v) is 3.90. The van der Waals surface area contributed by atoms with Crippen molar-refractivity contribution in [1.82, 2.24) is 9.14 Å². The van der Waals surface area contributed by atoms with E-state index in [2.05, 4.69) is 5.32 Å². The molecule has 0 unspecified atom stereocenters. The molecule has 1 saturated carbocycles. The molecule has 0 saturated heterocycles. The van der Waals surface area contributed by atoms with Gasteiger partial charge in [-0.15, -0.1) is 3.82 Å². The maximum Gasteiger partial charge on any atom is 0.287 e. The molecule has 1 fully saturated rings. The SMILES string of the molecule is Cc1c(C(=O)NC2CC2)oc2ccc(OSN(C)Cl)cc12. The van der Waals surface area contributed by atoms with E-state index in [1.165, 1.54) is 3.82 Å². The van der Waals surface area contributed by atoms with Crippen molar-refractivity contribution in [1.29, 1.82) is 0 Å². The smallest absolute Gasteiger partial charge is 0.287 e. The molecule has 1 aliphatic carbocycles. The van der Waals surface area contributed by atoms with E-state index < -0.39 is 0 Å². The van der Waals surface area contributed by atoms with Gasteiger partial charge in [0.25, 0.3) is 5.91 Å². The van der Waals surface area contributed by atoms with Crippen LogP contribution in [-0.4, -0.2) is 22.8 Å². The van der Waals surface area contributed by atoms with Gasteiger partial charge in [0.15, 0.2) is 18.0 Å². The number of nitrogens with one attached hydrogen (secondary N) is 1.